The zero-order valence-corrected chi connectivity index (χ0v) is 9.19. The van der Waals surface area contributed by atoms with Gasteiger partial charge in [-0.3, -0.25) is 0 Å². The van der Waals surface area contributed by atoms with E-state index >= 15 is 0 Å². The van der Waals surface area contributed by atoms with Gasteiger partial charge < -0.3 is 0 Å². The highest BCUT2D eigenvalue weighted by Gasteiger charge is 2.29. The zero-order chi connectivity index (χ0) is 11.9. The summed E-state index contributed by atoms with van der Waals surface area (Å²) in [6.07, 6.45) is 3.45. The molecule has 1 aromatic carbocycles. The molecular formula is C14H14N2. The molecule has 2 heteroatoms. The van der Waals surface area contributed by atoms with E-state index in [0.717, 1.165) is 5.56 Å². The van der Waals surface area contributed by atoms with Gasteiger partial charge >= 0.3 is 0 Å². The fraction of sp³-hybridized carbons (Fsp3) is 0.286. The maximum atomic E-state index is 9.16. The zero-order valence-electron chi connectivity index (χ0n) is 9.19. The molecule has 80 valence electrons. The Labute approximate surface area is 96.4 Å². The van der Waals surface area contributed by atoms with E-state index in [4.69, 9.17) is 10.5 Å². The second-order valence-corrected chi connectivity index (χ2v) is 3.80. The quantitative estimate of drug-likeness (QED) is 0.700. The maximum Gasteiger partial charge on any atom is 0.148 e. The number of nitrogens with zero attached hydrogens (tertiary/aromatic N) is 2. The molecule has 0 N–H and O–H groups in total. The fourth-order valence-corrected chi connectivity index (χ4v) is 1.60. The van der Waals surface area contributed by atoms with Crippen molar-refractivity contribution < 1.29 is 0 Å². The second-order valence-electron chi connectivity index (χ2n) is 3.80. The minimum Gasteiger partial charge on any atom is -0.197 e. The van der Waals surface area contributed by atoms with Gasteiger partial charge in [0.2, 0.25) is 0 Å². The molecule has 0 aliphatic heterocycles. The monoisotopic (exact) mass is 210 g/mol. The van der Waals surface area contributed by atoms with Crippen LogP contribution in [0.4, 0.5) is 0 Å². The Bertz CT molecular complexity index is 406. The number of hydrogen-bond donors (Lipinski definition) is 0. The molecular weight excluding hydrogens is 196 g/mol. The maximum absolute atomic E-state index is 9.16. The van der Waals surface area contributed by atoms with Crippen molar-refractivity contribution in [1.29, 1.82) is 10.5 Å². The summed E-state index contributed by atoms with van der Waals surface area (Å²) in [4.78, 5) is 0. The standard InChI is InChI=1S/C14H14N2/c1-2-3-9-14(11-15,12-16)10-13-7-5-4-6-8-13/h2,4-8H,1,3,9-10H2. The van der Waals surface area contributed by atoms with E-state index in [-0.39, 0.29) is 0 Å². The van der Waals surface area contributed by atoms with Gasteiger partial charge in [-0.25, -0.2) is 0 Å². The van der Waals surface area contributed by atoms with Crippen LogP contribution in [0.25, 0.3) is 0 Å². The molecule has 0 amide bonds. The van der Waals surface area contributed by atoms with Crippen LogP contribution < -0.4 is 0 Å². The Balaban J connectivity index is 2.84. The average Bonchev–Trinajstić information content (AvgIpc) is 2.36. The lowest BCUT2D eigenvalue weighted by molar-refractivity contribution is 0.479. The van der Waals surface area contributed by atoms with E-state index in [2.05, 4.69) is 18.7 Å². The van der Waals surface area contributed by atoms with Crippen molar-refractivity contribution in [2.24, 2.45) is 5.41 Å². The first-order valence-corrected chi connectivity index (χ1v) is 5.24. The number of benzene rings is 1. The van der Waals surface area contributed by atoms with Crippen LogP contribution in [0.2, 0.25) is 0 Å². The minimum atomic E-state index is -0.921. The first-order valence-electron chi connectivity index (χ1n) is 5.24. The van der Waals surface area contributed by atoms with Crippen molar-refractivity contribution in [2.75, 3.05) is 0 Å². The number of rotatable bonds is 5. The summed E-state index contributed by atoms with van der Waals surface area (Å²) >= 11 is 0. The third-order valence-corrected chi connectivity index (χ3v) is 2.55. The third-order valence-electron chi connectivity index (χ3n) is 2.55. The van der Waals surface area contributed by atoms with Crippen molar-refractivity contribution in [1.82, 2.24) is 0 Å². The van der Waals surface area contributed by atoms with E-state index in [1.165, 1.54) is 0 Å². The molecule has 1 rings (SSSR count). The van der Waals surface area contributed by atoms with Gasteiger partial charge in [0, 0.05) is 6.42 Å². The lowest BCUT2D eigenvalue weighted by atomic mass is 9.80. The van der Waals surface area contributed by atoms with Crippen LogP contribution in [0.5, 0.6) is 0 Å². The summed E-state index contributed by atoms with van der Waals surface area (Å²) < 4.78 is 0. The summed E-state index contributed by atoms with van der Waals surface area (Å²) in [6.45, 7) is 3.62. The van der Waals surface area contributed by atoms with E-state index in [0.29, 0.717) is 19.3 Å². The molecule has 0 fully saturated rings. The molecule has 0 aromatic heterocycles. The smallest absolute Gasteiger partial charge is 0.148 e. The van der Waals surface area contributed by atoms with Crippen molar-refractivity contribution in [3.05, 3.63) is 48.6 Å². The largest absolute Gasteiger partial charge is 0.197 e. The normalized spacial score (nSPS) is 10.1. The van der Waals surface area contributed by atoms with Crippen LogP contribution >= 0.6 is 0 Å². The van der Waals surface area contributed by atoms with E-state index in [1.54, 1.807) is 6.08 Å². The molecule has 0 saturated carbocycles. The molecule has 0 atom stereocenters. The Kier molecular flexibility index (Phi) is 4.30. The fourth-order valence-electron chi connectivity index (χ4n) is 1.60. The lowest BCUT2D eigenvalue weighted by Gasteiger charge is -2.17. The van der Waals surface area contributed by atoms with Crippen LogP contribution in [0, 0.1) is 28.1 Å². The molecule has 2 nitrogen and oxygen atoms in total. The topological polar surface area (TPSA) is 47.6 Å². The van der Waals surface area contributed by atoms with Crippen LogP contribution in [0.15, 0.2) is 43.0 Å². The van der Waals surface area contributed by atoms with Crippen LogP contribution in [0.3, 0.4) is 0 Å². The Morgan fingerprint density at radius 1 is 1.19 bits per heavy atom. The number of allylic oxidation sites excluding steroid dienone is 1. The summed E-state index contributed by atoms with van der Waals surface area (Å²) in [5.41, 5.74) is 0.102. The molecule has 16 heavy (non-hydrogen) atoms. The van der Waals surface area contributed by atoms with Crippen molar-refractivity contribution in [3.8, 4) is 12.1 Å². The summed E-state index contributed by atoms with van der Waals surface area (Å²) in [5, 5.41) is 18.3. The molecule has 0 bridgehead atoms. The lowest BCUT2D eigenvalue weighted by Crippen LogP contribution is -2.19. The highest BCUT2D eigenvalue weighted by atomic mass is 14.4. The summed E-state index contributed by atoms with van der Waals surface area (Å²) in [7, 11) is 0. The summed E-state index contributed by atoms with van der Waals surface area (Å²) in [5.74, 6) is 0. The molecule has 0 radical (unpaired) electrons. The van der Waals surface area contributed by atoms with Gasteiger partial charge in [-0.05, 0) is 18.4 Å². The van der Waals surface area contributed by atoms with Crippen molar-refractivity contribution in [2.45, 2.75) is 19.3 Å². The van der Waals surface area contributed by atoms with Crippen LogP contribution in [-0.2, 0) is 6.42 Å². The Morgan fingerprint density at radius 3 is 2.31 bits per heavy atom. The minimum absolute atomic E-state index is 0.481. The van der Waals surface area contributed by atoms with Gasteiger partial charge in [0.05, 0.1) is 12.1 Å². The molecule has 1 aromatic rings. The highest BCUT2D eigenvalue weighted by Crippen LogP contribution is 2.27. The predicted molar refractivity (Wildman–Crippen MR) is 63.2 cm³/mol. The van der Waals surface area contributed by atoms with E-state index in [9.17, 15) is 0 Å². The Morgan fingerprint density at radius 2 is 1.81 bits per heavy atom. The van der Waals surface area contributed by atoms with Gasteiger partial charge in [-0.15, -0.1) is 6.58 Å². The number of nitriles is 2. The highest BCUT2D eigenvalue weighted by molar-refractivity contribution is 5.24. The van der Waals surface area contributed by atoms with Gasteiger partial charge in [0.15, 0.2) is 0 Å². The van der Waals surface area contributed by atoms with Crippen molar-refractivity contribution in [3.63, 3.8) is 0 Å². The van der Waals surface area contributed by atoms with Gasteiger partial charge in [0.25, 0.3) is 0 Å². The molecule has 0 saturated heterocycles. The first-order chi connectivity index (χ1) is 7.76. The van der Waals surface area contributed by atoms with E-state index < -0.39 is 5.41 Å². The van der Waals surface area contributed by atoms with Gasteiger partial charge in [-0.1, -0.05) is 36.4 Å². The van der Waals surface area contributed by atoms with Gasteiger partial charge in [0.1, 0.15) is 5.41 Å². The van der Waals surface area contributed by atoms with Gasteiger partial charge in [-0.2, -0.15) is 10.5 Å². The average molecular weight is 210 g/mol. The van der Waals surface area contributed by atoms with Crippen LogP contribution in [0.1, 0.15) is 18.4 Å². The van der Waals surface area contributed by atoms with E-state index in [1.807, 2.05) is 30.3 Å². The predicted octanol–water partition coefficient (Wildman–Crippen LogP) is 3.23. The summed E-state index contributed by atoms with van der Waals surface area (Å²) in [6, 6.07) is 13.9. The first kappa shape index (κ1) is 12.0. The molecule has 0 aliphatic rings. The molecule has 0 aliphatic carbocycles. The SMILES string of the molecule is C=CCCC(C#N)(C#N)Cc1ccccc1. The van der Waals surface area contributed by atoms with Crippen molar-refractivity contribution >= 4 is 0 Å². The molecule has 0 heterocycles. The molecule has 0 spiro atoms. The molecule has 0 unspecified atom stereocenters. The Hall–Kier alpha value is -2.06. The third kappa shape index (κ3) is 2.97. The number of hydrogen-bond acceptors (Lipinski definition) is 2. The van der Waals surface area contributed by atoms with Crippen LogP contribution in [-0.4, -0.2) is 0 Å². The second kappa shape index (κ2) is 5.73.